The van der Waals surface area contributed by atoms with Crippen molar-refractivity contribution in [3.8, 4) is 17.0 Å². The Balaban J connectivity index is 0.000000408. The van der Waals surface area contributed by atoms with Gasteiger partial charge in [-0.05, 0) is 36.8 Å². The molecule has 0 amide bonds. The molecule has 0 radical (unpaired) electrons. The van der Waals surface area contributed by atoms with E-state index in [1.807, 2.05) is 79.7 Å². The van der Waals surface area contributed by atoms with Crippen molar-refractivity contribution < 1.29 is 24.5 Å². The number of aliphatic carboxylic acids is 1. The highest BCUT2D eigenvalue weighted by atomic mass is 16.5. The monoisotopic (exact) mass is 573 g/mol. The van der Waals surface area contributed by atoms with Gasteiger partial charge in [0.1, 0.15) is 18.2 Å². The number of aliphatic hydroxyl groups excluding tert-OH is 1. The maximum atomic E-state index is 12.7. The summed E-state index contributed by atoms with van der Waals surface area (Å²) in [7, 11) is 0. The topological polar surface area (TPSA) is 123 Å². The SMILES string of the molecule is CCOC(Cc1ccc(OCCn2c(CC)nc(-c3ccccc3)cc2=O)cc1)C(=O)O.OCCNc1ccccc1. The molecule has 0 aliphatic carbocycles. The number of hydrogen-bond donors (Lipinski definition) is 3. The number of aromatic nitrogens is 2. The first-order chi connectivity index (χ1) is 20.4. The molecule has 3 aromatic carbocycles. The van der Waals surface area contributed by atoms with Gasteiger partial charge in [0.25, 0.3) is 5.56 Å². The van der Waals surface area contributed by atoms with E-state index in [0.717, 1.165) is 16.8 Å². The molecule has 9 nitrogen and oxygen atoms in total. The first-order valence-corrected chi connectivity index (χ1v) is 14.1. The normalized spacial score (nSPS) is 11.2. The van der Waals surface area contributed by atoms with Crippen molar-refractivity contribution in [2.75, 3.05) is 31.7 Å². The van der Waals surface area contributed by atoms with Crippen LogP contribution < -0.4 is 15.6 Å². The van der Waals surface area contributed by atoms with Crippen LogP contribution in [-0.2, 0) is 28.9 Å². The Bertz CT molecular complexity index is 1410. The number of rotatable bonds is 14. The maximum absolute atomic E-state index is 12.7. The van der Waals surface area contributed by atoms with E-state index in [0.29, 0.717) is 50.0 Å². The summed E-state index contributed by atoms with van der Waals surface area (Å²) in [5, 5.41) is 20.7. The fraction of sp³-hybridized carbons (Fsp3) is 0.303. The van der Waals surface area contributed by atoms with Crippen molar-refractivity contribution in [3.63, 3.8) is 0 Å². The first-order valence-electron chi connectivity index (χ1n) is 14.1. The number of nitrogens with one attached hydrogen (secondary N) is 1. The van der Waals surface area contributed by atoms with Crippen LogP contribution in [0.3, 0.4) is 0 Å². The molecule has 0 saturated carbocycles. The molecular weight excluding hydrogens is 534 g/mol. The van der Waals surface area contributed by atoms with Gasteiger partial charge in [-0.3, -0.25) is 9.36 Å². The van der Waals surface area contributed by atoms with Gasteiger partial charge in [-0.2, -0.15) is 0 Å². The summed E-state index contributed by atoms with van der Waals surface area (Å²) < 4.78 is 12.7. The molecule has 222 valence electrons. The van der Waals surface area contributed by atoms with Gasteiger partial charge >= 0.3 is 5.97 Å². The Morgan fingerprint density at radius 1 is 0.976 bits per heavy atom. The highest BCUT2D eigenvalue weighted by Gasteiger charge is 2.18. The Kier molecular flexibility index (Phi) is 13.3. The van der Waals surface area contributed by atoms with E-state index in [1.165, 1.54) is 0 Å². The summed E-state index contributed by atoms with van der Waals surface area (Å²) in [6.45, 7) is 5.58. The summed E-state index contributed by atoms with van der Waals surface area (Å²) in [4.78, 5) is 28.6. The van der Waals surface area contributed by atoms with E-state index in [2.05, 4.69) is 10.3 Å². The smallest absolute Gasteiger partial charge is 0.333 e. The second-order valence-electron chi connectivity index (χ2n) is 9.26. The zero-order valence-electron chi connectivity index (χ0n) is 24.1. The van der Waals surface area contributed by atoms with Crippen LogP contribution in [0.15, 0.2) is 95.8 Å². The molecule has 0 spiro atoms. The van der Waals surface area contributed by atoms with Crippen LogP contribution >= 0.6 is 0 Å². The van der Waals surface area contributed by atoms with Crippen molar-refractivity contribution in [1.82, 2.24) is 9.55 Å². The van der Waals surface area contributed by atoms with Gasteiger partial charge in [0.2, 0.25) is 0 Å². The average Bonchev–Trinajstić information content (AvgIpc) is 3.02. The molecule has 0 saturated heterocycles. The van der Waals surface area contributed by atoms with Gasteiger partial charge < -0.3 is 25.0 Å². The van der Waals surface area contributed by atoms with Crippen LogP contribution in [-0.4, -0.2) is 58.2 Å². The Morgan fingerprint density at radius 3 is 2.24 bits per heavy atom. The molecule has 0 aliphatic rings. The zero-order valence-corrected chi connectivity index (χ0v) is 24.1. The third kappa shape index (κ3) is 10.2. The van der Waals surface area contributed by atoms with Gasteiger partial charge in [0, 0.05) is 43.3 Å². The number of aryl methyl sites for hydroxylation is 1. The first kappa shape index (κ1) is 32.0. The van der Waals surface area contributed by atoms with Gasteiger partial charge in [-0.1, -0.05) is 67.6 Å². The van der Waals surface area contributed by atoms with Gasteiger partial charge in [0.15, 0.2) is 6.10 Å². The molecule has 3 N–H and O–H groups in total. The van der Waals surface area contributed by atoms with Crippen LogP contribution in [0.4, 0.5) is 5.69 Å². The molecule has 1 heterocycles. The summed E-state index contributed by atoms with van der Waals surface area (Å²) >= 11 is 0. The van der Waals surface area contributed by atoms with Crippen LogP contribution in [0.25, 0.3) is 11.3 Å². The molecular formula is C33H39N3O6. The lowest BCUT2D eigenvalue weighted by Crippen LogP contribution is -2.27. The number of benzene rings is 3. The molecule has 0 aliphatic heterocycles. The molecule has 9 heteroatoms. The number of hydrogen-bond acceptors (Lipinski definition) is 7. The van der Waals surface area contributed by atoms with Gasteiger partial charge in [-0.15, -0.1) is 0 Å². The summed E-state index contributed by atoms with van der Waals surface area (Å²) in [5.74, 6) is 0.388. The molecule has 1 aromatic heterocycles. The summed E-state index contributed by atoms with van der Waals surface area (Å²) in [5.41, 5.74) is 3.38. The zero-order chi connectivity index (χ0) is 30.2. The minimum atomic E-state index is -0.976. The van der Waals surface area contributed by atoms with E-state index < -0.39 is 12.1 Å². The van der Waals surface area contributed by atoms with Crippen LogP contribution in [0.2, 0.25) is 0 Å². The molecule has 0 fully saturated rings. The largest absolute Gasteiger partial charge is 0.492 e. The summed E-state index contributed by atoms with van der Waals surface area (Å²) in [6.07, 6.45) is 0.0605. The number of para-hydroxylation sites is 1. The molecule has 1 unspecified atom stereocenters. The van der Waals surface area contributed by atoms with Crippen molar-refractivity contribution in [2.45, 2.75) is 39.3 Å². The van der Waals surface area contributed by atoms with Crippen molar-refractivity contribution in [2.24, 2.45) is 0 Å². The van der Waals surface area contributed by atoms with E-state index in [4.69, 9.17) is 14.6 Å². The molecule has 1 atom stereocenters. The lowest BCUT2D eigenvalue weighted by Gasteiger charge is -2.14. The predicted octanol–water partition coefficient (Wildman–Crippen LogP) is 4.67. The fourth-order valence-corrected chi connectivity index (χ4v) is 4.19. The molecule has 0 bridgehead atoms. The third-order valence-corrected chi connectivity index (χ3v) is 6.26. The number of anilines is 1. The van der Waals surface area contributed by atoms with Gasteiger partial charge in [0.05, 0.1) is 18.8 Å². The van der Waals surface area contributed by atoms with Crippen molar-refractivity contribution >= 4 is 11.7 Å². The van der Waals surface area contributed by atoms with E-state index in [9.17, 15) is 14.7 Å². The van der Waals surface area contributed by atoms with Crippen molar-refractivity contribution in [3.05, 3.63) is 113 Å². The minimum Gasteiger partial charge on any atom is -0.492 e. The lowest BCUT2D eigenvalue weighted by molar-refractivity contribution is -0.149. The molecule has 4 aromatic rings. The number of carboxylic acids is 1. The highest BCUT2D eigenvalue weighted by molar-refractivity contribution is 5.72. The standard InChI is InChI=1S/C25H28N2O5.C8H11NO/c1-3-23-26-21(19-8-6-5-7-9-19)17-24(28)27(23)14-15-32-20-12-10-18(11-13-20)16-22(25(29)30)31-4-2;10-7-6-9-8-4-2-1-3-5-8/h5-13,17,22H,3-4,14-16H2,1-2H3,(H,29,30);1-5,9-10H,6-7H2. The van der Waals surface area contributed by atoms with Crippen molar-refractivity contribution in [1.29, 1.82) is 0 Å². The third-order valence-electron chi connectivity index (χ3n) is 6.26. The molecule has 4 rings (SSSR count). The highest BCUT2D eigenvalue weighted by Crippen LogP contribution is 2.17. The lowest BCUT2D eigenvalue weighted by atomic mass is 10.1. The average molecular weight is 574 g/mol. The fourth-order valence-electron chi connectivity index (χ4n) is 4.19. The molecule has 42 heavy (non-hydrogen) atoms. The Hall–Kier alpha value is -4.47. The minimum absolute atomic E-state index is 0.106. The quantitative estimate of drug-likeness (QED) is 0.199. The number of ether oxygens (including phenoxy) is 2. The number of aliphatic hydroxyl groups is 1. The second kappa shape index (κ2) is 17.4. The van der Waals surface area contributed by atoms with Crippen LogP contribution in [0, 0.1) is 0 Å². The maximum Gasteiger partial charge on any atom is 0.333 e. The van der Waals surface area contributed by atoms with Crippen LogP contribution in [0.5, 0.6) is 5.75 Å². The number of nitrogens with zero attached hydrogens (tertiary/aromatic N) is 2. The van der Waals surface area contributed by atoms with E-state index in [1.54, 1.807) is 29.7 Å². The summed E-state index contributed by atoms with van der Waals surface area (Å²) in [6, 6.07) is 28.2. The Labute approximate surface area is 246 Å². The van der Waals surface area contributed by atoms with E-state index in [-0.39, 0.29) is 18.6 Å². The number of carboxylic acid groups (broad SMARTS) is 1. The van der Waals surface area contributed by atoms with E-state index >= 15 is 0 Å². The van der Waals surface area contributed by atoms with Crippen LogP contribution in [0.1, 0.15) is 25.2 Å². The second-order valence-corrected chi connectivity index (χ2v) is 9.26. The number of carbonyl (C=O) groups is 1. The van der Waals surface area contributed by atoms with Gasteiger partial charge in [-0.25, -0.2) is 9.78 Å². The predicted molar refractivity (Wildman–Crippen MR) is 164 cm³/mol. The Morgan fingerprint density at radius 2 is 1.64 bits per heavy atom.